The van der Waals surface area contributed by atoms with Gasteiger partial charge < -0.3 is 5.32 Å². The Morgan fingerprint density at radius 1 is 1.10 bits per heavy atom. The van der Waals surface area contributed by atoms with E-state index >= 15 is 0 Å². The summed E-state index contributed by atoms with van der Waals surface area (Å²) in [5.41, 5.74) is 4.07. The lowest BCUT2D eigenvalue weighted by molar-refractivity contribution is 0.771. The summed E-state index contributed by atoms with van der Waals surface area (Å²) in [4.78, 5) is 21.7. The topological polar surface area (TPSA) is 88.0 Å². The van der Waals surface area contributed by atoms with E-state index < -0.39 is 0 Å². The van der Waals surface area contributed by atoms with Gasteiger partial charge in [-0.1, -0.05) is 49.7 Å². The normalized spacial score (nSPS) is 11.1. The lowest BCUT2D eigenvalue weighted by Crippen LogP contribution is -2.17. The van der Waals surface area contributed by atoms with Crippen LogP contribution in [0.4, 0.5) is 5.82 Å². The molecule has 3 aromatic heterocycles. The highest BCUT2D eigenvalue weighted by atomic mass is 16.1. The first kappa shape index (κ1) is 18.9. The average Bonchev–Trinajstić information content (AvgIpc) is 3.15. The fourth-order valence-corrected chi connectivity index (χ4v) is 3.43. The van der Waals surface area contributed by atoms with Crippen molar-refractivity contribution in [2.45, 2.75) is 32.6 Å². The van der Waals surface area contributed by atoms with E-state index in [2.05, 4.69) is 27.4 Å². The van der Waals surface area contributed by atoms with E-state index in [1.807, 2.05) is 48.7 Å². The van der Waals surface area contributed by atoms with E-state index in [1.165, 1.54) is 0 Å². The Hall–Kier alpha value is -3.48. The van der Waals surface area contributed by atoms with E-state index in [-0.39, 0.29) is 5.69 Å². The van der Waals surface area contributed by atoms with Crippen LogP contribution in [0.15, 0.2) is 59.7 Å². The number of aromatic nitrogens is 5. The van der Waals surface area contributed by atoms with E-state index in [9.17, 15) is 4.79 Å². The molecule has 0 spiro atoms. The zero-order valence-electron chi connectivity index (χ0n) is 16.4. The van der Waals surface area contributed by atoms with Crippen LogP contribution in [0.25, 0.3) is 16.9 Å². The summed E-state index contributed by atoms with van der Waals surface area (Å²) >= 11 is 0. The largest absolute Gasteiger partial charge is 0.367 e. The lowest BCUT2D eigenvalue weighted by Gasteiger charge is -2.14. The molecule has 0 saturated carbocycles. The second-order valence-electron chi connectivity index (χ2n) is 6.95. The molecule has 0 aliphatic carbocycles. The van der Waals surface area contributed by atoms with Crippen LogP contribution in [-0.2, 0) is 12.8 Å². The van der Waals surface area contributed by atoms with Crippen LogP contribution in [0.5, 0.6) is 0 Å². The van der Waals surface area contributed by atoms with Crippen LogP contribution in [0.2, 0.25) is 0 Å². The summed E-state index contributed by atoms with van der Waals surface area (Å²) in [7, 11) is 0. The van der Waals surface area contributed by atoms with Gasteiger partial charge in [-0.2, -0.15) is 0 Å². The maximum absolute atomic E-state index is 12.6. The molecular weight excluding hydrogens is 364 g/mol. The predicted molar refractivity (Wildman–Crippen MR) is 114 cm³/mol. The van der Waals surface area contributed by atoms with Gasteiger partial charge in [0.2, 0.25) is 5.65 Å². The summed E-state index contributed by atoms with van der Waals surface area (Å²) in [6.45, 7) is 2.82. The Morgan fingerprint density at radius 2 is 1.97 bits per heavy atom. The number of hydrogen-bond donors (Lipinski definition) is 2. The van der Waals surface area contributed by atoms with Gasteiger partial charge in [-0.3, -0.25) is 4.98 Å². The maximum Gasteiger partial charge on any atom is 0.348 e. The minimum Gasteiger partial charge on any atom is -0.367 e. The predicted octanol–water partition coefficient (Wildman–Crippen LogP) is 3.48. The molecular formula is C22H24N6O. The molecule has 0 radical (unpaired) electrons. The highest BCUT2D eigenvalue weighted by molar-refractivity contribution is 5.72. The number of H-pyrrole nitrogens is 1. The smallest absolute Gasteiger partial charge is 0.348 e. The molecule has 148 valence electrons. The Balaban J connectivity index is 1.74. The first-order valence-corrected chi connectivity index (χ1v) is 9.96. The van der Waals surface area contributed by atoms with Gasteiger partial charge >= 0.3 is 5.69 Å². The molecule has 0 bridgehead atoms. The monoisotopic (exact) mass is 388 g/mol. The van der Waals surface area contributed by atoms with Crippen molar-refractivity contribution in [1.82, 2.24) is 24.6 Å². The van der Waals surface area contributed by atoms with Gasteiger partial charge in [0.1, 0.15) is 0 Å². The summed E-state index contributed by atoms with van der Waals surface area (Å²) < 4.78 is 1.64. The molecule has 0 atom stereocenters. The van der Waals surface area contributed by atoms with E-state index in [1.54, 1.807) is 10.6 Å². The molecule has 0 fully saturated rings. The molecule has 0 amide bonds. The summed E-state index contributed by atoms with van der Waals surface area (Å²) in [6.07, 6.45) is 7.28. The number of nitrogens with one attached hydrogen (secondary N) is 2. The van der Waals surface area contributed by atoms with Gasteiger partial charge in [-0.15, -0.1) is 5.10 Å². The van der Waals surface area contributed by atoms with Crippen molar-refractivity contribution >= 4 is 11.5 Å². The molecule has 0 unspecified atom stereocenters. The van der Waals surface area contributed by atoms with E-state index in [0.29, 0.717) is 18.0 Å². The van der Waals surface area contributed by atoms with Crippen molar-refractivity contribution in [3.8, 4) is 11.3 Å². The second-order valence-corrected chi connectivity index (χ2v) is 6.95. The lowest BCUT2D eigenvalue weighted by atomic mass is 10.1. The molecule has 4 rings (SSSR count). The molecule has 4 aromatic rings. The SMILES string of the molecule is CCCCc1nc(NCCc2cccnc2)c2n[nH]c(=O)n2c1-c1ccccc1. The fraction of sp³-hybridized carbons (Fsp3) is 0.273. The molecule has 2 N–H and O–H groups in total. The quantitative estimate of drug-likeness (QED) is 0.482. The van der Waals surface area contributed by atoms with Crippen molar-refractivity contribution in [2.75, 3.05) is 11.9 Å². The second kappa shape index (κ2) is 8.68. The number of hydrogen-bond acceptors (Lipinski definition) is 5. The number of rotatable bonds is 8. The molecule has 1 aromatic carbocycles. The molecule has 3 heterocycles. The number of nitrogens with zero attached hydrogens (tertiary/aromatic N) is 4. The van der Waals surface area contributed by atoms with Gasteiger partial charge in [0.25, 0.3) is 0 Å². The number of pyridine rings is 1. The Kier molecular flexibility index (Phi) is 5.65. The molecule has 0 aliphatic heterocycles. The number of anilines is 1. The summed E-state index contributed by atoms with van der Waals surface area (Å²) in [5.74, 6) is 0.623. The molecule has 7 heteroatoms. The fourth-order valence-electron chi connectivity index (χ4n) is 3.43. The minimum atomic E-state index is -0.255. The number of aryl methyl sites for hydroxylation is 1. The van der Waals surface area contributed by atoms with Crippen LogP contribution < -0.4 is 11.0 Å². The first-order valence-electron chi connectivity index (χ1n) is 9.96. The van der Waals surface area contributed by atoms with Crippen LogP contribution in [0, 0.1) is 0 Å². The Bertz CT molecular complexity index is 1130. The zero-order chi connectivity index (χ0) is 20.1. The average molecular weight is 388 g/mol. The third-order valence-electron chi connectivity index (χ3n) is 4.87. The highest BCUT2D eigenvalue weighted by Gasteiger charge is 2.18. The maximum atomic E-state index is 12.6. The van der Waals surface area contributed by atoms with Crippen molar-refractivity contribution < 1.29 is 0 Å². The van der Waals surface area contributed by atoms with Crippen LogP contribution >= 0.6 is 0 Å². The van der Waals surface area contributed by atoms with Gasteiger partial charge in [0, 0.05) is 24.5 Å². The number of fused-ring (bicyclic) bond motifs is 1. The van der Waals surface area contributed by atoms with Crippen molar-refractivity contribution in [1.29, 1.82) is 0 Å². The Morgan fingerprint density at radius 3 is 2.72 bits per heavy atom. The molecule has 7 nitrogen and oxygen atoms in total. The van der Waals surface area contributed by atoms with Gasteiger partial charge in [0.15, 0.2) is 5.82 Å². The van der Waals surface area contributed by atoms with Crippen molar-refractivity contribution in [2.24, 2.45) is 0 Å². The molecule has 29 heavy (non-hydrogen) atoms. The van der Waals surface area contributed by atoms with Crippen molar-refractivity contribution in [3.05, 3.63) is 76.6 Å². The van der Waals surface area contributed by atoms with E-state index in [4.69, 9.17) is 4.98 Å². The van der Waals surface area contributed by atoms with Gasteiger partial charge in [0.05, 0.1) is 11.4 Å². The van der Waals surface area contributed by atoms with Gasteiger partial charge in [-0.25, -0.2) is 19.3 Å². The van der Waals surface area contributed by atoms with Gasteiger partial charge in [-0.05, 0) is 30.9 Å². The standard InChI is InChI=1S/C22H24N6O/c1-2-3-11-18-19(17-9-5-4-6-10-17)28-21(26-27-22(28)29)20(25-18)24-14-12-16-8-7-13-23-15-16/h4-10,13,15H,2-3,11-12,14H2,1H3,(H,24,25)(H,27,29). The van der Waals surface area contributed by atoms with Crippen LogP contribution in [0.1, 0.15) is 31.0 Å². The summed E-state index contributed by atoms with van der Waals surface area (Å²) in [5, 5.41) is 10.2. The zero-order valence-corrected chi connectivity index (χ0v) is 16.4. The highest BCUT2D eigenvalue weighted by Crippen LogP contribution is 2.26. The molecule has 0 saturated heterocycles. The number of benzene rings is 1. The Labute approximate surface area is 168 Å². The molecule has 0 aliphatic rings. The van der Waals surface area contributed by atoms with E-state index in [0.717, 1.165) is 48.2 Å². The number of unbranched alkanes of at least 4 members (excludes halogenated alkanes) is 1. The van der Waals surface area contributed by atoms with Crippen molar-refractivity contribution in [3.63, 3.8) is 0 Å². The number of aromatic amines is 1. The minimum absolute atomic E-state index is 0.255. The third-order valence-corrected chi connectivity index (χ3v) is 4.87. The first-order chi connectivity index (χ1) is 14.3. The van der Waals surface area contributed by atoms with Crippen LogP contribution in [0.3, 0.4) is 0 Å². The third kappa shape index (κ3) is 4.03. The van der Waals surface area contributed by atoms with Crippen LogP contribution in [-0.4, -0.2) is 31.1 Å². The summed E-state index contributed by atoms with van der Waals surface area (Å²) in [6, 6.07) is 13.9.